The van der Waals surface area contributed by atoms with E-state index in [9.17, 15) is 18.0 Å². The highest BCUT2D eigenvalue weighted by atomic mass is 32.2. The van der Waals surface area contributed by atoms with Gasteiger partial charge in [-0.15, -0.1) is 0 Å². The Morgan fingerprint density at radius 3 is 2.30 bits per heavy atom. The van der Waals surface area contributed by atoms with Crippen LogP contribution >= 0.6 is 0 Å². The first-order valence-corrected chi connectivity index (χ1v) is 9.87. The van der Waals surface area contributed by atoms with Crippen LogP contribution in [0.2, 0.25) is 0 Å². The molecule has 0 spiro atoms. The SMILES string of the molecule is CC(C(=O)N1CCN(S(=O)(=O)c2ccccc2)CC1)n1nccc1C(=O)O. The third kappa shape index (κ3) is 3.71. The topological polar surface area (TPSA) is 113 Å². The molecule has 3 rings (SSSR count). The summed E-state index contributed by atoms with van der Waals surface area (Å²) in [6.07, 6.45) is 1.33. The van der Waals surface area contributed by atoms with Crippen LogP contribution in [0, 0.1) is 0 Å². The molecule has 1 unspecified atom stereocenters. The fourth-order valence-electron chi connectivity index (χ4n) is 3.05. The second kappa shape index (κ2) is 7.49. The molecule has 1 saturated heterocycles. The number of aromatic nitrogens is 2. The van der Waals surface area contributed by atoms with Crippen LogP contribution in [0.25, 0.3) is 0 Å². The van der Waals surface area contributed by atoms with Gasteiger partial charge in [-0.3, -0.25) is 4.79 Å². The summed E-state index contributed by atoms with van der Waals surface area (Å²) >= 11 is 0. The van der Waals surface area contributed by atoms with E-state index in [-0.39, 0.29) is 42.7 Å². The van der Waals surface area contributed by atoms with E-state index in [0.717, 1.165) is 4.68 Å². The van der Waals surface area contributed by atoms with Crippen molar-refractivity contribution in [1.82, 2.24) is 19.0 Å². The zero-order chi connectivity index (χ0) is 19.6. The van der Waals surface area contributed by atoms with Crippen molar-refractivity contribution in [3.05, 3.63) is 48.3 Å². The van der Waals surface area contributed by atoms with Gasteiger partial charge in [0.1, 0.15) is 11.7 Å². The first-order chi connectivity index (χ1) is 12.8. The number of piperazine rings is 1. The highest BCUT2D eigenvalue weighted by molar-refractivity contribution is 7.89. The summed E-state index contributed by atoms with van der Waals surface area (Å²) in [4.78, 5) is 25.7. The number of aromatic carboxylic acids is 1. The molecule has 0 aliphatic carbocycles. The monoisotopic (exact) mass is 392 g/mol. The van der Waals surface area contributed by atoms with E-state index in [2.05, 4.69) is 5.10 Å². The van der Waals surface area contributed by atoms with E-state index in [1.54, 1.807) is 37.3 Å². The molecule has 1 atom stereocenters. The molecule has 0 bridgehead atoms. The van der Waals surface area contributed by atoms with Crippen molar-refractivity contribution >= 4 is 21.9 Å². The van der Waals surface area contributed by atoms with Crippen molar-refractivity contribution in [2.45, 2.75) is 17.9 Å². The molecular formula is C17H20N4O5S. The maximum Gasteiger partial charge on any atom is 0.354 e. The summed E-state index contributed by atoms with van der Waals surface area (Å²) in [5, 5.41) is 13.1. The molecule has 0 saturated carbocycles. The van der Waals surface area contributed by atoms with Crippen molar-refractivity contribution in [2.24, 2.45) is 0 Å². The Bertz CT molecular complexity index is 933. The standard InChI is InChI=1S/C17H20N4O5S/c1-13(21-15(17(23)24)7-8-18-21)16(22)19-9-11-20(12-10-19)27(25,26)14-5-3-2-4-6-14/h2-8,13H,9-12H2,1H3,(H,23,24). The average molecular weight is 392 g/mol. The van der Waals surface area contributed by atoms with Crippen LogP contribution < -0.4 is 0 Å². The third-order valence-corrected chi connectivity index (χ3v) is 6.46. The zero-order valence-electron chi connectivity index (χ0n) is 14.7. The van der Waals surface area contributed by atoms with Gasteiger partial charge in [0.25, 0.3) is 0 Å². The van der Waals surface area contributed by atoms with Gasteiger partial charge in [-0.1, -0.05) is 18.2 Å². The molecule has 27 heavy (non-hydrogen) atoms. The van der Waals surface area contributed by atoms with Crippen LogP contribution in [0.4, 0.5) is 0 Å². The van der Waals surface area contributed by atoms with Gasteiger partial charge >= 0.3 is 5.97 Å². The average Bonchev–Trinajstić information content (AvgIpc) is 3.18. The number of hydrogen-bond acceptors (Lipinski definition) is 5. The van der Waals surface area contributed by atoms with Crippen molar-refractivity contribution in [3.8, 4) is 0 Å². The van der Waals surface area contributed by atoms with Gasteiger partial charge in [-0.2, -0.15) is 9.40 Å². The summed E-state index contributed by atoms with van der Waals surface area (Å²) in [6, 6.07) is 8.70. The van der Waals surface area contributed by atoms with Crippen LogP contribution in [-0.4, -0.2) is 70.6 Å². The molecule has 144 valence electrons. The number of carbonyl (C=O) groups excluding carboxylic acids is 1. The molecule has 1 aromatic carbocycles. The molecule has 1 N–H and O–H groups in total. The fourth-order valence-corrected chi connectivity index (χ4v) is 4.49. The molecule has 2 aromatic rings. The number of sulfonamides is 1. The van der Waals surface area contributed by atoms with E-state index in [1.165, 1.54) is 21.5 Å². The number of carbonyl (C=O) groups is 2. The van der Waals surface area contributed by atoms with E-state index in [1.807, 2.05) is 0 Å². The van der Waals surface area contributed by atoms with Gasteiger partial charge in [-0.05, 0) is 25.1 Å². The van der Waals surface area contributed by atoms with Gasteiger partial charge in [0.05, 0.1) is 4.90 Å². The predicted octanol–water partition coefficient (Wildman–Crippen LogP) is 0.675. The predicted molar refractivity (Wildman–Crippen MR) is 95.7 cm³/mol. The van der Waals surface area contributed by atoms with E-state index in [0.29, 0.717) is 0 Å². The molecule has 2 heterocycles. The minimum Gasteiger partial charge on any atom is -0.477 e. The van der Waals surface area contributed by atoms with Crippen LogP contribution in [0.15, 0.2) is 47.5 Å². The number of amides is 1. The summed E-state index contributed by atoms with van der Waals surface area (Å²) in [5.41, 5.74) is -0.0684. The summed E-state index contributed by atoms with van der Waals surface area (Å²) < 4.78 is 27.8. The fraction of sp³-hybridized carbons (Fsp3) is 0.353. The quantitative estimate of drug-likeness (QED) is 0.800. The van der Waals surface area contributed by atoms with E-state index >= 15 is 0 Å². The number of benzene rings is 1. The van der Waals surface area contributed by atoms with Crippen LogP contribution in [0.3, 0.4) is 0 Å². The van der Waals surface area contributed by atoms with Crippen LogP contribution in [0.5, 0.6) is 0 Å². The lowest BCUT2D eigenvalue weighted by molar-refractivity contribution is -0.135. The van der Waals surface area contributed by atoms with Crippen molar-refractivity contribution in [2.75, 3.05) is 26.2 Å². The van der Waals surface area contributed by atoms with Gasteiger partial charge in [-0.25, -0.2) is 17.9 Å². The third-order valence-electron chi connectivity index (χ3n) is 4.54. The Kier molecular flexibility index (Phi) is 5.29. The molecule has 1 aliphatic heterocycles. The smallest absolute Gasteiger partial charge is 0.354 e. The van der Waals surface area contributed by atoms with Gasteiger partial charge in [0, 0.05) is 32.4 Å². The van der Waals surface area contributed by atoms with Gasteiger partial charge in [0.2, 0.25) is 15.9 Å². The zero-order valence-corrected chi connectivity index (χ0v) is 15.5. The highest BCUT2D eigenvalue weighted by Gasteiger charge is 2.32. The Balaban J connectivity index is 1.68. The van der Waals surface area contributed by atoms with Crippen molar-refractivity contribution in [3.63, 3.8) is 0 Å². The maximum atomic E-state index is 12.7. The van der Waals surface area contributed by atoms with E-state index < -0.39 is 22.0 Å². The summed E-state index contributed by atoms with van der Waals surface area (Å²) in [5.74, 6) is -1.45. The molecule has 0 radical (unpaired) electrons. The number of rotatable bonds is 5. The second-order valence-electron chi connectivity index (χ2n) is 6.18. The number of carboxylic acids is 1. The lowest BCUT2D eigenvalue weighted by atomic mass is 10.2. The molecule has 9 nitrogen and oxygen atoms in total. The lowest BCUT2D eigenvalue weighted by Gasteiger charge is -2.35. The highest BCUT2D eigenvalue weighted by Crippen LogP contribution is 2.19. The molecule has 1 aromatic heterocycles. The Morgan fingerprint density at radius 1 is 1.07 bits per heavy atom. The largest absolute Gasteiger partial charge is 0.477 e. The molecule has 1 aliphatic rings. The van der Waals surface area contributed by atoms with E-state index in [4.69, 9.17) is 5.11 Å². The normalized spacial score (nSPS) is 16.9. The minimum atomic E-state index is -3.59. The Hall–Kier alpha value is -2.72. The maximum absolute atomic E-state index is 12.7. The van der Waals surface area contributed by atoms with Crippen LogP contribution in [0.1, 0.15) is 23.5 Å². The molecular weight excluding hydrogens is 372 g/mol. The Labute approximate surface area is 156 Å². The van der Waals surface area contributed by atoms with Crippen molar-refractivity contribution in [1.29, 1.82) is 0 Å². The molecule has 10 heteroatoms. The first kappa shape index (κ1) is 19.1. The number of hydrogen-bond donors (Lipinski definition) is 1. The first-order valence-electron chi connectivity index (χ1n) is 8.43. The summed E-state index contributed by atoms with van der Waals surface area (Å²) in [6.45, 7) is 2.41. The molecule has 1 fully saturated rings. The van der Waals surface area contributed by atoms with Gasteiger partial charge in [0.15, 0.2) is 0 Å². The number of nitrogens with zero attached hydrogens (tertiary/aromatic N) is 4. The minimum absolute atomic E-state index is 0.0684. The van der Waals surface area contributed by atoms with Crippen LogP contribution in [-0.2, 0) is 14.8 Å². The summed E-state index contributed by atoms with van der Waals surface area (Å²) in [7, 11) is -3.59. The second-order valence-corrected chi connectivity index (χ2v) is 8.12. The lowest BCUT2D eigenvalue weighted by Crippen LogP contribution is -2.52. The number of carboxylic acid groups (broad SMARTS) is 1. The van der Waals surface area contributed by atoms with Gasteiger partial charge < -0.3 is 10.0 Å². The van der Waals surface area contributed by atoms with Crippen molar-refractivity contribution < 1.29 is 23.1 Å². The Morgan fingerprint density at radius 2 is 1.70 bits per heavy atom. The molecule has 1 amide bonds.